The summed E-state index contributed by atoms with van der Waals surface area (Å²) >= 11 is 6.19. The predicted octanol–water partition coefficient (Wildman–Crippen LogP) is 5.42. The molecule has 0 aliphatic carbocycles. The van der Waals surface area contributed by atoms with Gasteiger partial charge in [0.1, 0.15) is 11.9 Å². The van der Waals surface area contributed by atoms with Crippen molar-refractivity contribution in [1.29, 1.82) is 0 Å². The molecule has 7 nitrogen and oxygen atoms in total. The van der Waals surface area contributed by atoms with Crippen LogP contribution in [0.25, 0.3) is 11.3 Å². The van der Waals surface area contributed by atoms with Gasteiger partial charge in [-0.1, -0.05) is 35.9 Å². The molecule has 31 heavy (non-hydrogen) atoms. The van der Waals surface area contributed by atoms with Crippen molar-refractivity contribution in [3.8, 4) is 11.3 Å². The summed E-state index contributed by atoms with van der Waals surface area (Å²) in [6.45, 7) is 4.80. The van der Waals surface area contributed by atoms with Gasteiger partial charge in [0.25, 0.3) is 11.6 Å². The lowest BCUT2D eigenvalue weighted by Gasteiger charge is -2.38. The smallest absolute Gasteiger partial charge is 0.290 e. The van der Waals surface area contributed by atoms with E-state index in [2.05, 4.69) is 0 Å². The highest BCUT2D eigenvalue weighted by Gasteiger charge is 2.33. The van der Waals surface area contributed by atoms with Gasteiger partial charge in [-0.05, 0) is 43.2 Å². The van der Waals surface area contributed by atoms with Gasteiger partial charge in [-0.2, -0.15) is 0 Å². The minimum atomic E-state index is -0.516. The molecule has 0 radical (unpaired) electrons. The van der Waals surface area contributed by atoms with Gasteiger partial charge in [0.2, 0.25) is 0 Å². The lowest BCUT2D eigenvalue weighted by atomic mass is 10.0. The summed E-state index contributed by atoms with van der Waals surface area (Å²) in [5.41, 5.74) is 2.55. The fourth-order valence-electron chi connectivity index (χ4n) is 3.73. The van der Waals surface area contributed by atoms with Crippen molar-refractivity contribution in [3.63, 3.8) is 0 Å². The normalized spacial score (nSPS) is 18.7. The lowest BCUT2D eigenvalue weighted by Crippen LogP contribution is -2.48. The van der Waals surface area contributed by atoms with Crippen molar-refractivity contribution in [2.45, 2.75) is 26.0 Å². The number of non-ortho nitro benzene ring substituents is 1. The first-order valence-corrected chi connectivity index (χ1v) is 10.2. The minimum Gasteiger partial charge on any atom is -0.451 e. The number of hydrogen-bond donors (Lipinski definition) is 0. The van der Waals surface area contributed by atoms with Gasteiger partial charge in [-0.15, -0.1) is 0 Å². The number of carbonyl (C=O) groups excluding carboxylic acids is 1. The Kier molecular flexibility index (Phi) is 5.80. The summed E-state index contributed by atoms with van der Waals surface area (Å²) in [6, 6.07) is 15.2. The van der Waals surface area contributed by atoms with E-state index in [-0.39, 0.29) is 34.5 Å². The summed E-state index contributed by atoms with van der Waals surface area (Å²) < 4.78 is 11.8. The second-order valence-electron chi connectivity index (χ2n) is 7.57. The van der Waals surface area contributed by atoms with Crippen molar-refractivity contribution in [1.82, 2.24) is 4.90 Å². The second-order valence-corrected chi connectivity index (χ2v) is 7.98. The van der Waals surface area contributed by atoms with Crippen molar-refractivity contribution >= 4 is 23.2 Å². The van der Waals surface area contributed by atoms with Gasteiger partial charge in [0, 0.05) is 17.7 Å². The van der Waals surface area contributed by atoms with Gasteiger partial charge in [0.05, 0.1) is 29.1 Å². The molecule has 2 atom stereocenters. The van der Waals surface area contributed by atoms with Crippen LogP contribution >= 0.6 is 11.6 Å². The molecule has 2 heterocycles. The number of furan rings is 1. The molecular weight excluding hydrogens is 420 g/mol. The zero-order valence-corrected chi connectivity index (χ0v) is 17.8. The molecule has 3 aromatic rings. The number of aryl methyl sites for hydroxylation is 1. The van der Waals surface area contributed by atoms with E-state index in [1.165, 1.54) is 18.2 Å². The maximum Gasteiger partial charge on any atom is 0.290 e. The van der Waals surface area contributed by atoms with Gasteiger partial charge in [-0.3, -0.25) is 14.9 Å². The monoisotopic (exact) mass is 440 g/mol. The van der Waals surface area contributed by atoms with Gasteiger partial charge < -0.3 is 14.1 Å². The molecular formula is C23H21ClN2O5. The van der Waals surface area contributed by atoms with Crippen molar-refractivity contribution in [3.05, 3.63) is 86.6 Å². The molecule has 0 N–H and O–H groups in total. The zero-order chi connectivity index (χ0) is 22.1. The van der Waals surface area contributed by atoms with Crippen molar-refractivity contribution in [2.75, 3.05) is 13.2 Å². The molecule has 1 aliphatic rings. The molecule has 2 unspecified atom stereocenters. The van der Waals surface area contributed by atoms with Crippen LogP contribution in [0.3, 0.4) is 0 Å². The van der Waals surface area contributed by atoms with Crippen LogP contribution in [0.1, 0.15) is 34.7 Å². The number of rotatable bonds is 4. The molecule has 8 heteroatoms. The highest BCUT2D eigenvalue weighted by atomic mass is 35.5. The summed E-state index contributed by atoms with van der Waals surface area (Å²) in [5, 5.41) is 11.1. The number of hydrogen-bond acceptors (Lipinski definition) is 5. The Morgan fingerprint density at radius 3 is 2.68 bits per heavy atom. The van der Waals surface area contributed by atoms with Gasteiger partial charge in [-0.25, -0.2) is 0 Å². The Hall–Kier alpha value is -3.16. The third-order valence-corrected chi connectivity index (χ3v) is 5.79. The van der Waals surface area contributed by atoms with Gasteiger partial charge >= 0.3 is 0 Å². The fourth-order valence-corrected chi connectivity index (χ4v) is 4.00. The highest BCUT2D eigenvalue weighted by molar-refractivity contribution is 6.33. The van der Waals surface area contributed by atoms with Crippen LogP contribution in [0.2, 0.25) is 5.02 Å². The topological polar surface area (TPSA) is 85.8 Å². The number of carbonyl (C=O) groups is 1. The molecule has 0 spiro atoms. The maximum absolute atomic E-state index is 13.2. The third-order valence-electron chi connectivity index (χ3n) is 5.48. The number of nitrogens with zero attached hydrogens (tertiary/aromatic N) is 2. The standard InChI is InChI=1S/C23H21ClN2O5/c1-14-5-3-4-6-17(14)22-12-25(15(2)13-30-22)23(27)21-10-9-20(31-21)18-8-7-16(26(28)29)11-19(18)24/h3-11,15,22H,12-13H2,1-2H3. The zero-order valence-electron chi connectivity index (χ0n) is 17.1. The van der Waals surface area contributed by atoms with Crippen LogP contribution in [0.4, 0.5) is 5.69 Å². The van der Waals surface area contributed by atoms with E-state index >= 15 is 0 Å². The maximum atomic E-state index is 13.2. The molecule has 1 aromatic heterocycles. The quantitative estimate of drug-likeness (QED) is 0.399. The van der Waals surface area contributed by atoms with E-state index in [9.17, 15) is 14.9 Å². The van der Waals surface area contributed by atoms with E-state index in [0.717, 1.165) is 11.1 Å². The van der Waals surface area contributed by atoms with E-state index < -0.39 is 4.92 Å². The molecule has 1 fully saturated rings. The molecule has 1 amide bonds. The molecule has 4 rings (SSSR count). The summed E-state index contributed by atoms with van der Waals surface area (Å²) in [5.74, 6) is 0.319. The molecule has 0 bridgehead atoms. The Balaban J connectivity index is 1.56. The van der Waals surface area contributed by atoms with Crippen LogP contribution < -0.4 is 0 Å². The molecule has 1 aliphatic heterocycles. The van der Waals surface area contributed by atoms with Crippen molar-refractivity contribution in [2.24, 2.45) is 0 Å². The lowest BCUT2D eigenvalue weighted by molar-refractivity contribution is -0.384. The largest absolute Gasteiger partial charge is 0.451 e. The molecule has 1 saturated heterocycles. The van der Waals surface area contributed by atoms with E-state index in [4.69, 9.17) is 20.8 Å². The van der Waals surface area contributed by atoms with Crippen molar-refractivity contribution < 1.29 is 18.9 Å². The first-order chi connectivity index (χ1) is 14.8. The number of halogens is 1. The number of benzene rings is 2. The highest BCUT2D eigenvalue weighted by Crippen LogP contribution is 2.33. The Bertz CT molecular complexity index is 1140. The van der Waals surface area contributed by atoms with Crippen LogP contribution in [-0.4, -0.2) is 34.9 Å². The number of nitro groups is 1. The molecule has 0 saturated carbocycles. The summed E-state index contributed by atoms with van der Waals surface area (Å²) in [6.07, 6.45) is -0.208. The molecule has 160 valence electrons. The first kappa shape index (κ1) is 21.1. The third kappa shape index (κ3) is 4.19. The van der Waals surface area contributed by atoms with E-state index in [1.54, 1.807) is 17.0 Å². The second kappa shape index (κ2) is 8.53. The van der Waals surface area contributed by atoms with Gasteiger partial charge in [0.15, 0.2) is 5.76 Å². The number of ether oxygens (including phenoxy) is 1. The Morgan fingerprint density at radius 1 is 1.19 bits per heavy atom. The minimum absolute atomic E-state index is 0.107. The predicted molar refractivity (Wildman–Crippen MR) is 116 cm³/mol. The fraction of sp³-hybridized carbons (Fsp3) is 0.261. The Labute approximate surface area is 184 Å². The van der Waals surface area contributed by atoms with Crippen LogP contribution in [0, 0.1) is 17.0 Å². The SMILES string of the molecule is Cc1ccccc1C1CN(C(=O)c2ccc(-c3ccc([N+](=O)[O-])cc3Cl)o2)C(C)CO1. The number of nitro benzene ring substituents is 1. The summed E-state index contributed by atoms with van der Waals surface area (Å²) in [4.78, 5) is 25.3. The van der Waals surface area contributed by atoms with E-state index in [1.807, 2.05) is 38.1 Å². The average Bonchev–Trinajstić information content (AvgIpc) is 3.24. The number of morpholine rings is 1. The number of amides is 1. The van der Waals surface area contributed by atoms with Crippen LogP contribution in [-0.2, 0) is 4.74 Å². The first-order valence-electron chi connectivity index (χ1n) is 9.87. The Morgan fingerprint density at radius 2 is 1.97 bits per heavy atom. The van der Waals surface area contributed by atoms with E-state index in [0.29, 0.717) is 24.5 Å². The van der Waals surface area contributed by atoms with Crippen LogP contribution in [0.5, 0.6) is 0 Å². The summed E-state index contributed by atoms with van der Waals surface area (Å²) in [7, 11) is 0. The van der Waals surface area contributed by atoms with Crippen LogP contribution in [0.15, 0.2) is 59.0 Å². The average molecular weight is 441 g/mol. The molecule has 2 aromatic carbocycles.